The summed E-state index contributed by atoms with van der Waals surface area (Å²) in [6.45, 7) is 0. The Hall–Kier alpha value is -1.75. The third kappa shape index (κ3) is 2.06. The molecular weight excluding hydrogens is 245 g/mol. The highest BCUT2D eigenvalue weighted by molar-refractivity contribution is 6.32. The fourth-order valence-electron chi connectivity index (χ4n) is 1.48. The van der Waals surface area contributed by atoms with Crippen LogP contribution in [0.5, 0.6) is 5.75 Å². The zero-order chi connectivity index (χ0) is 12.6. The lowest BCUT2D eigenvalue weighted by Crippen LogP contribution is -1.96. The van der Waals surface area contributed by atoms with Crippen LogP contribution >= 0.6 is 11.6 Å². The van der Waals surface area contributed by atoms with Crippen molar-refractivity contribution in [2.75, 3.05) is 12.8 Å². The molecule has 0 aliphatic carbocycles. The monoisotopic (exact) mass is 255 g/mol. The Kier molecular flexibility index (Phi) is 2.93. The molecule has 4 nitrogen and oxygen atoms in total. The van der Waals surface area contributed by atoms with Crippen molar-refractivity contribution in [2.45, 2.75) is 0 Å². The fraction of sp³-hybridized carbons (Fsp3) is 0.182. The number of nitrogens with zero attached hydrogens (tertiary/aromatic N) is 2. The van der Waals surface area contributed by atoms with Gasteiger partial charge in [-0.3, -0.25) is 4.68 Å². The number of anilines is 1. The van der Waals surface area contributed by atoms with Crippen LogP contribution in [0.3, 0.4) is 0 Å². The van der Waals surface area contributed by atoms with E-state index >= 15 is 0 Å². The molecule has 0 fully saturated rings. The SMILES string of the molecule is COc1cc(-c2cc(N)n(C)n2)cc(F)c1Cl. The summed E-state index contributed by atoms with van der Waals surface area (Å²) in [6.07, 6.45) is 0. The maximum absolute atomic E-state index is 13.5. The van der Waals surface area contributed by atoms with Crippen LogP contribution in [0, 0.1) is 5.82 Å². The summed E-state index contributed by atoms with van der Waals surface area (Å²) in [5.74, 6) is 0.213. The number of aryl methyl sites for hydroxylation is 1. The molecule has 0 spiro atoms. The number of hydrogen-bond donors (Lipinski definition) is 1. The second-order valence-electron chi connectivity index (χ2n) is 3.55. The molecule has 2 rings (SSSR count). The van der Waals surface area contributed by atoms with Gasteiger partial charge in [-0.15, -0.1) is 0 Å². The van der Waals surface area contributed by atoms with Crippen LogP contribution in [0.25, 0.3) is 11.3 Å². The van der Waals surface area contributed by atoms with Crippen molar-refractivity contribution < 1.29 is 9.13 Å². The molecule has 90 valence electrons. The van der Waals surface area contributed by atoms with Crippen molar-refractivity contribution in [3.63, 3.8) is 0 Å². The van der Waals surface area contributed by atoms with Crippen LogP contribution in [-0.2, 0) is 7.05 Å². The summed E-state index contributed by atoms with van der Waals surface area (Å²) in [7, 11) is 3.14. The number of hydrogen-bond acceptors (Lipinski definition) is 3. The van der Waals surface area contributed by atoms with Gasteiger partial charge in [-0.2, -0.15) is 5.10 Å². The summed E-state index contributed by atoms with van der Waals surface area (Å²) in [4.78, 5) is 0. The van der Waals surface area contributed by atoms with Crippen molar-refractivity contribution in [3.8, 4) is 17.0 Å². The maximum Gasteiger partial charge on any atom is 0.146 e. The lowest BCUT2D eigenvalue weighted by molar-refractivity contribution is 0.412. The number of benzene rings is 1. The van der Waals surface area contributed by atoms with E-state index in [9.17, 15) is 4.39 Å². The second-order valence-corrected chi connectivity index (χ2v) is 3.93. The van der Waals surface area contributed by atoms with Gasteiger partial charge >= 0.3 is 0 Å². The van der Waals surface area contributed by atoms with Gasteiger partial charge in [-0.05, 0) is 12.1 Å². The van der Waals surface area contributed by atoms with Gasteiger partial charge in [0.1, 0.15) is 22.4 Å². The number of rotatable bonds is 2. The van der Waals surface area contributed by atoms with Crippen molar-refractivity contribution in [2.24, 2.45) is 7.05 Å². The molecule has 6 heteroatoms. The average Bonchev–Trinajstić information content (AvgIpc) is 2.63. The third-order valence-corrected chi connectivity index (χ3v) is 2.79. The smallest absolute Gasteiger partial charge is 0.146 e. The molecule has 1 aromatic carbocycles. The van der Waals surface area contributed by atoms with Gasteiger partial charge in [0, 0.05) is 18.7 Å². The van der Waals surface area contributed by atoms with Crippen molar-refractivity contribution >= 4 is 17.4 Å². The van der Waals surface area contributed by atoms with Crippen LogP contribution in [0.15, 0.2) is 18.2 Å². The Morgan fingerprint density at radius 2 is 2.12 bits per heavy atom. The minimum atomic E-state index is -0.551. The van der Waals surface area contributed by atoms with E-state index in [4.69, 9.17) is 22.1 Å². The molecule has 0 unspecified atom stereocenters. The summed E-state index contributed by atoms with van der Waals surface area (Å²) < 4.78 is 20.0. The van der Waals surface area contributed by atoms with E-state index < -0.39 is 5.82 Å². The first-order chi connectivity index (χ1) is 8.02. The molecule has 0 bridgehead atoms. The molecule has 0 aliphatic heterocycles. The standard InChI is InChI=1S/C11H11ClFN3O/c1-16-10(14)5-8(15-16)6-3-7(13)11(12)9(4-6)17-2/h3-5H,14H2,1-2H3. The van der Waals surface area contributed by atoms with E-state index in [1.807, 2.05) is 0 Å². The van der Waals surface area contributed by atoms with Crippen LogP contribution < -0.4 is 10.5 Å². The Balaban J connectivity index is 2.56. The van der Waals surface area contributed by atoms with E-state index in [2.05, 4.69) is 5.10 Å². The molecule has 0 radical (unpaired) electrons. The first-order valence-corrected chi connectivity index (χ1v) is 5.23. The Morgan fingerprint density at radius 3 is 2.65 bits per heavy atom. The Morgan fingerprint density at radius 1 is 1.41 bits per heavy atom. The molecular formula is C11H11ClFN3O. The average molecular weight is 256 g/mol. The molecule has 0 amide bonds. The lowest BCUT2D eigenvalue weighted by Gasteiger charge is -2.06. The Labute approximate surface area is 103 Å². The summed E-state index contributed by atoms with van der Waals surface area (Å²) in [5, 5.41) is 4.11. The van der Waals surface area contributed by atoms with Crippen molar-refractivity contribution in [1.29, 1.82) is 0 Å². The normalized spacial score (nSPS) is 10.6. The minimum absolute atomic E-state index is 0.0415. The molecule has 2 aromatic rings. The quantitative estimate of drug-likeness (QED) is 0.897. The van der Waals surface area contributed by atoms with Gasteiger partial charge in [0.05, 0.1) is 12.8 Å². The minimum Gasteiger partial charge on any atom is -0.495 e. The predicted molar refractivity (Wildman–Crippen MR) is 64.6 cm³/mol. The van der Waals surface area contributed by atoms with E-state index in [1.165, 1.54) is 17.9 Å². The molecule has 0 saturated heterocycles. The summed E-state index contributed by atoms with van der Waals surface area (Å²) >= 11 is 5.74. The number of methoxy groups -OCH3 is 1. The van der Waals surface area contributed by atoms with Gasteiger partial charge in [0.2, 0.25) is 0 Å². The number of aromatic nitrogens is 2. The fourth-order valence-corrected chi connectivity index (χ4v) is 1.67. The van der Waals surface area contributed by atoms with Gasteiger partial charge in [0.25, 0.3) is 0 Å². The topological polar surface area (TPSA) is 53.1 Å². The number of halogens is 2. The number of nitrogen functional groups attached to an aromatic ring is 1. The van der Waals surface area contributed by atoms with Crippen molar-refractivity contribution in [1.82, 2.24) is 9.78 Å². The maximum atomic E-state index is 13.5. The largest absolute Gasteiger partial charge is 0.495 e. The highest BCUT2D eigenvalue weighted by Crippen LogP contribution is 2.32. The molecule has 1 heterocycles. The van der Waals surface area contributed by atoms with Crippen LogP contribution in [0.2, 0.25) is 5.02 Å². The molecule has 1 aromatic heterocycles. The third-order valence-electron chi connectivity index (χ3n) is 2.43. The molecule has 17 heavy (non-hydrogen) atoms. The first kappa shape index (κ1) is 11.7. The zero-order valence-electron chi connectivity index (χ0n) is 9.37. The van der Waals surface area contributed by atoms with Gasteiger partial charge < -0.3 is 10.5 Å². The van der Waals surface area contributed by atoms with Crippen LogP contribution in [-0.4, -0.2) is 16.9 Å². The Bertz CT molecular complexity index is 549. The van der Waals surface area contributed by atoms with E-state index in [-0.39, 0.29) is 10.8 Å². The molecule has 0 aliphatic rings. The zero-order valence-corrected chi connectivity index (χ0v) is 10.1. The highest BCUT2D eigenvalue weighted by Gasteiger charge is 2.13. The summed E-state index contributed by atoms with van der Waals surface area (Å²) in [5.41, 5.74) is 6.80. The summed E-state index contributed by atoms with van der Waals surface area (Å²) in [6, 6.07) is 4.57. The molecule has 2 N–H and O–H groups in total. The lowest BCUT2D eigenvalue weighted by atomic mass is 10.1. The van der Waals surface area contributed by atoms with Crippen LogP contribution in [0.1, 0.15) is 0 Å². The number of ether oxygens (including phenoxy) is 1. The number of nitrogens with two attached hydrogens (primary N) is 1. The van der Waals surface area contributed by atoms with Crippen LogP contribution in [0.4, 0.5) is 10.2 Å². The predicted octanol–water partition coefficient (Wildman–Crippen LogP) is 2.47. The van der Waals surface area contributed by atoms with Gasteiger partial charge in [-0.25, -0.2) is 4.39 Å². The van der Waals surface area contributed by atoms with Gasteiger partial charge in [0.15, 0.2) is 0 Å². The molecule has 0 saturated carbocycles. The first-order valence-electron chi connectivity index (χ1n) is 4.86. The van der Waals surface area contributed by atoms with E-state index in [1.54, 1.807) is 19.2 Å². The van der Waals surface area contributed by atoms with E-state index in [0.29, 0.717) is 17.1 Å². The van der Waals surface area contributed by atoms with Crippen molar-refractivity contribution in [3.05, 3.63) is 29.0 Å². The second kappa shape index (κ2) is 4.25. The highest BCUT2D eigenvalue weighted by atomic mass is 35.5. The van der Waals surface area contributed by atoms with Gasteiger partial charge in [-0.1, -0.05) is 11.6 Å². The molecule has 0 atom stereocenters. The van der Waals surface area contributed by atoms with E-state index in [0.717, 1.165) is 0 Å².